The molecule has 0 aliphatic carbocycles. The number of anilines is 4. The maximum Gasteiger partial charge on any atom is 0.296 e. The number of rotatable bonds is 11. The predicted octanol–water partition coefficient (Wildman–Crippen LogP) is 3.50. The minimum atomic E-state index is -4.91. The number of hydrogen-bond donors (Lipinski definition) is 6. The predicted molar refractivity (Wildman–Crippen MR) is 166 cm³/mol. The van der Waals surface area contributed by atoms with Crippen molar-refractivity contribution in [3.63, 3.8) is 0 Å². The molecule has 250 valence electrons. The van der Waals surface area contributed by atoms with Gasteiger partial charge in [0.2, 0.25) is 23.1 Å². The first-order chi connectivity index (χ1) is 21.8. The van der Waals surface area contributed by atoms with Crippen LogP contribution < -0.4 is 16.2 Å². The van der Waals surface area contributed by atoms with E-state index in [9.17, 15) is 48.8 Å². The van der Waals surface area contributed by atoms with Crippen LogP contribution in [-0.2, 0) is 42.7 Å². The summed E-state index contributed by atoms with van der Waals surface area (Å²) in [6.45, 7) is 2.55. The molecular weight excluding hydrogens is 708 g/mol. The molecule has 4 rings (SSSR count). The van der Waals surface area contributed by atoms with Gasteiger partial charge < -0.3 is 15.7 Å². The van der Waals surface area contributed by atoms with Gasteiger partial charge in [-0.05, 0) is 67.4 Å². The number of nitrogens with zero attached hydrogens (tertiary/aromatic N) is 6. The van der Waals surface area contributed by atoms with E-state index in [0.717, 1.165) is 28.8 Å². The minimum Gasteiger partial charge on any atom is -0.493 e. The van der Waals surface area contributed by atoms with E-state index in [1.165, 1.54) is 32.0 Å². The highest BCUT2D eigenvalue weighted by Crippen LogP contribution is 2.35. The van der Waals surface area contributed by atoms with Gasteiger partial charge in [0.1, 0.15) is 22.0 Å². The molecular formula is C24H23ClN8O11S3. The lowest BCUT2D eigenvalue weighted by molar-refractivity contribution is 0.411. The van der Waals surface area contributed by atoms with Gasteiger partial charge in [-0.1, -0.05) is 6.07 Å². The fraction of sp³-hybridized carbons (Fsp3) is 0.167. The van der Waals surface area contributed by atoms with Crippen LogP contribution in [0.15, 0.2) is 67.3 Å². The number of nitrogens with one attached hydrogen (secondary N) is 2. The van der Waals surface area contributed by atoms with E-state index in [1.54, 1.807) is 0 Å². The first-order valence-corrected chi connectivity index (χ1v) is 17.6. The Morgan fingerprint density at radius 1 is 0.872 bits per heavy atom. The molecule has 0 saturated carbocycles. The second-order valence-electron chi connectivity index (χ2n) is 9.41. The van der Waals surface area contributed by atoms with Crippen molar-refractivity contribution in [3.8, 4) is 5.88 Å². The molecule has 0 fully saturated rings. The summed E-state index contributed by atoms with van der Waals surface area (Å²) >= 11 is 6.01. The van der Waals surface area contributed by atoms with Crippen molar-refractivity contribution in [2.24, 2.45) is 10.2 Å². The van der Waals surface area contributed by atoms with E-state index < -0.39 is 74.3 Å². The van der Waals surface area contributed by atoms with Crippen LogP contribution in [0.1, 0.15) is 18.1 Å². The highest BCUT2D eigenvalue weighted by atomic mass is 35.5. The molecule has 47 heavy (non-hydrogen) atoms. The van der Waals surface area contributed by atoms with E-state index in [0.29, 0.717) is 0 Å². The third-order valence-corrected chi connectivity index (χ3v) is 8.74. The second-order valence-corrected chi connectivity index (χ2v) is 14.0. The Balaban J connectivity index is 1.74. The molecule has 0 saturated heterocycles. The number of halogens is 1. The molecule has 0 unspecified atom stereocenters. The van der Waals surface area contributed by atoms with Crippen molar-refractivity contribution in [2.45, 2.75) is 35.9 Å². The van der Waals surface area contributed by atoms with Gasteiger partial charge in [-0.15, -0.1) is 10.2 Å². The van der Waals surface area contributed by atoms with Crippen molar-refractivity contribution in [3.05, 3.63) is 69.2 Å². The molecule has 0 radical (unpaired) electrons. The Bertz CT molecular complexity index is 2320. The molecule has 2 aromatic heterocycles. The van der Waals surface area contributed by atoms with Crippen LogP contribution in [0, 0.1) is 6.92 Å². The molecule has 2 heterocycles. The summed E-state index contributed by atoms with van der Waals surface area (Å²) in [6, 6.07) is 8.25. The monoisotopic (exact) mass is 730 g/mol. The Morgan fingerprint density at radius 2 is 1.49 bits per heavy atom. The van der Waals surface area contributed by atoms with E-state index in [1.807, 2.05) is 0 Å². The van der Waals surface area contributed by atoms with Crippen molar-refractivity contribution < 1.29 is 44.0 Å². The van der Waals surface area contributed by atoms with Gasteiger partial charge >= 0.3 is 0 Å². The highest BCUT2D eigenvalue weighted by Gasteiger charge is 2.23. The van der Waals surface area contributed by atoms with Crippen LogP contribution in [0.25, 0.3) is 0 Å². The topological polar surface area (TPSA) is 293 Å². The molecule has 19 nitrogen and oxygen atoms in total. The Labute approximate surface area is 271 Å². The standard InChI is InChI=1S/C24H23ClN8O11S3/c1-3-33-20(34)16(11-45(36,37)38)12(2)19(21(33)35)32-31-17-10-14(7-8-18(17)47(42,43)44)27-24-29-22(25)28-23(30-24)26-13-5-4-6-15(9-13)46(39,40)41/h4-10,35H,3,11H2,1-2H3,(H,36,37,38)(H,39,40,41)(H,42,43,44)(H2,26,27,28,29,30)/b32-31+. The third-order valence-electron chi connectivity index (χ3n) is 6.17. The molecule has 0 spiro atoms. The second kappa shape index (κ2) is 13.3. The molecule has 0 aliphatic rings. The fourth-order valence-electron chi connectivity index (χ4n) is 4.07. The molecule has 4 aromatic rings. The molecule has 23 heteroatoms. The SMILES string of the molecule is CCn1c(O)c(/N=N/c2cc(Nc3nc(Cl)nc(Nc4cccc(S(=O)(=O)O)c4)n3)ccc2S(=O)(=O)O)c(C)c(CS(=O)(=O)O)c1=O. The summed E-state index contributed by atoms with van der Waals surface area (Å²) in [5.41, 5.74) is -2.23. The van der Waals surface area contributed by atoms with Gasteiger partial charge in [-0.2, -0.15) is 40.2 Å². The van der Waals surface area contributed by atoms with Crippen LogP contribution in [0.5, 0.6) is 5.88 Å². The number of aromatic nitrogens is 4. The number of pyridine rings is 1. The molecule has 0 bridgehead atoms. The van der Waals surface area contributed by atoms with Crippen molar-refractivity contribution in [2.75, 3.05) is 10.6 Å². The summed E-state index contributed by atoms with van der Waals surface area (Å²) in [7, 11) is -14.1. The van der Waals surface area contributed by atoms with Gasteiger partial charge in [0.25, 0.3) is 35.9 Å². The zero-order chi connectivity index (χ0) is 34.9. The zero-order valence-electron chi connectivity index (χ0n) is 23.9. The van der Waals surface area contributed by atoms with Crippen LogP contribution >= 0.6 is 11.6 Å². The lowest BCUT2D eigenvalue weighted by Gasteiger charge is -2.14. The molecule has 0 amide bonds. The third kappa shape index (κ3) is 8.62. The molecule has 0 atom stereocenters. The Hall–Kier alpha value is -4.58. The smallest absolute Gasteiger partial charge is 0.296 e. The Kier molecular flexibility index (Phi) is 9.96. The van der Waals surface area contributed by atoms with Gasteiger partial charge in [0.15, 0.2) is 0 Å². The normalized spacial score (nSPS) is 12.4. The van der Waals surface area contributed by atoms with Crippen molar-refractivity contribution in [1.82, 2.24) is 19.5 Å². The maximum absolute atomic E-state index is 12.7. The summed E-state index contributed by atoms with van der Waals surface area (Å²) in [4.78, 5) is 23.5. The lowest BCUT2D eigenvalue weighted by atomic mass is 10.1. The minimum absolute atomic E-state index is 0.0551. The van der Waals surface area contributed by atoms with Gasteiger partial charge in [0, 0.05) is 23.5 Å². The van der Waals surface area contributed by atoms with Crippen LogP contribution in [-0.4, -0.2) is 63.5 Å². The summed E-state index contributed by atoms with van der Waals surface area (Å²) in [5.74, 6) is -2.22. The van der Waals surface area contributed by atoms with Gasteiger partial charge in [-0.3, -0.25) is 23.0 Å². The van der Waals surface area contributed by atoms with E-state index in [-0.39, 0.29) is 40.7 Å². The van der Waals surface area contributed by atoms with E-state index in [4.69, 9.17) is 11.6 Å². The molecule has 0 aliphatic heterocycles. The summed E-state index contributed by atoms with van der Waals surface area (Å²) < 4.78 is 99.4. The average molecular weight is 731 g/mol. The largest absolute Gasteiger partial charge is 0.493 e. The highest BCUT2D eigenvalue weighted by molar-refractivity contribution is 7.86. The summed E-state index contributed by atoms with van der Waals surface area (Å²) in [6.07, 6.45) is 0. The summed E-state index contributed by atoms with van der Waals surface area (Å²) in [5, 5.41) is 23.4. The number of aromatic hydroxyl groups is 1. The quantitative estimate of drug-likeness (QED) is 0.0950. The van der Waals surface area contributed by atoms with Crippen molar-refractivity contribution in [1.29, 1.82) is 0 Å². The molecule has 2 aromatic carbocycles. The lowest BCUT2D eigenvalue weighted by Crippen LogP contribution is -2.26. The fourth-order valence-corrected chi connectivity index (χ4v) is 6.07. The average Bonchev–Trinajstić information content (AvgIpc) is 2.94. The number of azo groups is 1. The van der Waals surface area contributed by atoms with Crippen LogP contribution in [0.4, 0.5) is 34.6 Å². The van der Waals surface area contributed by atoms with E-state index in [2.05, 4.69) is 35.8 Å². The molecule has 6 N–H and O–H groups in total. The van der Waals surface area contributed by atoms with Crippen molar-refractivity contribution >= 4 is 76.6 Å². The Morgan fingerprint density at radius 3 is 2.04 bits per heavy atom. The van der Waals surface area contributed by atoms with Gasteiger partial charge in [-0.25, -0.2) is 0 Å². The van der Waals surface area contributed by atoms with Gasteiger partial charge in [0.05, 0.1) is 4.90 Å². The first kappa shape index (κ1) is 35.3. The number of hydrogen-bond acceptors (Lipinski definition) is 15. The van der Waals surface area contributed by atoms with E-state index >= 15 is 0 Å². The van der Waals surface area contributed by atoms with Crippen LogP contribution in [0.2, 0.25) is 5.28 Å². The maximum atomic E-state index is 12.7. The number of benzene rings is 2. The van der Waals surface area contributed by atoms with Crippen LogP contribution in [0.3, 0.4) is 0 Å². The first-order valence-electron chi connectivity index (χ1n) is 12.7. The zero-order valence-corrected chi connectivity index (χ0v) is 27.1.